The van der Waals surface area contributed by atoms with Crippen molar-refractivity contribution in [1.82, 2.24) is 5.32 Å². The van der Waals surface area contributed by atoms with Gasteiger partial charge in [-0.2, -0.15) is 0 Å². The predicted molar refractivity (Wildman–Crippen MR) is 122 cm³/mol. The van der Waals surface area contributed by atoms with Gasteiger partial charge in [-0.05, 0) is 49.2 Å². The molecule has 0 atom stereocenters. The molecule has 2 aromatic carbocycles. The summed E-state index contributed by atoms with van der Waals surface area (Å²) < 4.78 is 5.14. The Balaban J connectivity index is 1.86. The molecule has 0 bridgehead atoms. The third-order valence-electron chi connectivity index (χ3n) is 4.46. The van der Waals surface area contributed by atoms with Gasteiger partial charge in [0.15, 0.2) is 0 Å². The number of halogens is 1. The number of amides is 2. The zero-order valence-corrected chi connectivity index (χ0v) is 18.6. The number of esters is 1. The van der Waals surface area contributed by atoms with Crippen LogP contribution in [0.2, 0.25) is 5.02 Å². The minimum absolute atomic E-state index is 0.175. The SMILES string of the molecule is CCOC(=O)c1c(NC(=O)c2ccc(Cl)cc2)sc(C(=O)NCc2ccccc2)c1C. The summed E-state index contributed by atoms with van der Waals surface area (Å²) in [4.78, 5) is 38.3. The Hall–Kier alpha value is -3.16. The molecule has 0 saturated carbocycles. The molecule has 0 aliphatic rings. The highest BCUT2D eigenvalue weighted by atomic mass is 35.5. The van der Waals surface area contributed by atoms with Gasteiger partial charge in [0.1, 0.15) is 5.00 Å². The lowest BCUT2D eigenvalue weighted by Crippen LogP contribution is -2.22. The summed E-state index contributed by atoms with van der Waals surface area (Å²) in [7, 11) is 0. The number of benzene rings is 2. The van der Waals surface area contributed by atoms with Gasteiger partial charge in [-0.25, -0.2) is 4.79 Å². The molecule has 3 rings (SSSR count). The highest BCUT2D eigenvalue weighted by Crippen LogP contribution is 2.34. The molecular formula is C23H21ClN2O4S. The van der Waals surface area contributed by atoms with Gasteiger partial charge < -0.3 is 15.4 Å². The van der Waals surface area contributed by atoms with Crippen LogP contribution in [-0.4, -0.2) is 24.4 Å². The Morgan fingerprint density at radius 2 is 1.68 bits per heavy atom. The van der Waals surface area contributed by atoms with Crippen molar-refractivity contribution in [3.63, 3.8) is 0 Å². The molecule has 0 radical (unpaired) electrons. The zero-order valence-electron chi connectivity index (χ0n) is 17.0. The average molecular weight is 457 g/mol. The van der Waals surface area contributed by atoms with Crippen molar-refractivity contribution in [3.05, 3.63) is 86.8 Å². The summed E-state index contributed by atoms with van der Waals surface area (Å²) in [5.41, 5.74) is 1.96. The van der Waals surface area contributed by atoms with Crippen LogP contribution in [0.5, 0.6) is 0 Å². The van der Waals surface area contributed by atoms with Crippen molar-refractivity contribution >= 4 is 45.7 Å². The number of ether oxygens (including phenoxy) is 1. The summed E-state index contributed by atoms with van der Waals surface area (Å²) >= 11 is 6.91. The van der Waals surface area contributed by atoms with Crippen molar-refractivity contribution in [3.8, 4) is 0 Å². The first-order valence-electron chi connectivity index (χ1n) is 9.60. The van der Waals surface area contributed by atoms with Crippen LogP contribution >= 0.6 is 22.9 Å². The molecule has 3 aromatic rings. The number of hydrogen-bond acceptors (Lipinski definition) is 5. The molecule has 160 valence electrons. The zero-order chi connectivity index (χ0) is 22.4. The monoisotopic (exact) mass is 456 g/mol. The molecular weight excluding hydrogens is 436 g/mol. The van der Waals surface area contributed by atoms with Gasteiger partial charge in [0, 0.05) is 17.1 Å². The van der Waals surface area contributed by atoms with E-state index in [-0.39, 0.29) is 23.1 Å². The van der Waals surface area contributed by atoms with Gasteiger partial charge in [0.2, 0.25) is 0 Å². The summed E-state index contributed by atoms with van der Waals surface area (Å²) in [5, 5.41) is 6.35. The standard InChI is InChI=1S/C23H21ClN2O4S/c1-3-30-23(29)18-14(2)19(21(28)25-13-15-7-5-4-6-8-15)31-22(18)26-20(27)16-9-11-17(24)12-10-16/h4-12H,3,13H2,1-2H3,(H,25,28)(H,26,27). The summed E-state index contributed by atoms with van der Waals surface area (Å²) in [5.74, 6) is -1.34. The molecule has 8 heteroatoms. The number of carbonyl (C=O) groups excluding carboxylic acids is 3. The number of thiophene rings is 1. The highest BCUT2D eigenvalue weighted by molar-refractivity contribution is 7.18. The summed E-state index contributed by atoms with van der Waals surface area (Å²) in [6, 6.07) is 15.9. The van der Waals surface area contributed by atoms with Crippen LogP contribution in [0.3, 0.4) is 0 Å². The average Bonchev–Trinajstić information content (AvgIpc) is 3.09. The van der Waals surface area contributed by atoms with Crippen LogP contribution in [0.25, 0.3) is 0 Å². The number of carbonyl (C=O) groups is 3. The number of rotatable bonds is 7. The smallest absolute Gasteiger partial charge is 0.341 e. The molecule has 31 heavy (non-hydrogen) atoms. The van der Waals surface area contributed by atoms with E-state index < -0.39 is 11.9 Å². The minimum atomic E-state index is -0.593. The molecule has 0 aliphatic carbocycles. The Morgan fingerprint density at radius 3 is 2.32 bits per heavy atom. The fraction of sp³-hybridized carbons (Fsp3) is 0.174. The quantitative estimate of drug-likeness (QED) is 0.486. The van der Waals surface area contributed by atoms with Crippen molar-refractivity contribution in [2.24, 2.45) is 0 Å². The van der Waals surface area contributed by atoms with Gasteiger partial charge in [-0.1, -0.05) is 41.9 Å². The molecule has 1 aromatic heterocycles. The molecule has 0 saturated heterocycles. The molecule has 2 N–H and O–H groups in total. The van der Waals surface area contributed by atoms with Gasteiger partial charge in [0.05, 0.1) is 17.0 Å². The largest absolute Gasteiger partial charge is 0.462 e. The normalized spacial score (nSPS) is 10.4. The molecule has 0 fully saturated rings. The van der Waals surface area contributed by atoms with Crippen molar-refractivity contribution in [1.29, 1.82) is 0 Å². The molecule has 6 nitrogen and oxygen atoms in total. The van der Waals surface area contributed by atoms with Crippen LogP contribution in [0.4, 0.5) is 5.00 Å². The van der Waals surface area contributed by atoms with Gasteiger partial charge in [0.25, 0.3) is 11.8 Å². The molecule has 0 spiro atoms. The second kappa shape index (κ2) is 10.2. The van der Waals surface area contributed by atoms with E-state index in [4.69, 9.17) is 16.3 Å². The van der Waals surface area contributed by atoms with E-state index >= 15 is 0 Å². The lowest BCUT2D eigenvalue weighted by Gasteiger charge is -2.07. The third-order valence-corrected chi connectivity index (χ3v) is 5.92. The Morgan fingerprint density at radius 1 is 1.00 bits per heavy atom. The van der Waals surface area contributed by atoms with Crippen LogP contribution < -0.4 is 10.6 Å². The minimum Gasteiger partial charge on any atom is -0.462 e. The Bertz CT molecular complexity index is 1090. The van der Waals surface area contributed by atoms with E-state index in [1.165, 1.54) is 0 Å². The second-order valence-corrected chi connectivity index (χ2v) is 8.07. The lowest BCUT2D eigenvalue weighted by atomic mass is 10.1. The molecule has 2 amide bonds. The van der Waals surface area contributed by atoms with E-state index in [1.807, 2.05) is 30.3 Å². The van der Waals surface area contributed by atoms with E-state index in [9.17, 15) is 14.4 Å². The van der Waals surface area contributed by atoms with Gasteiger partial charge >= 0.3 is 5.97 Å². The topological polar surface area (TPSA) is 84.5 Å². The molecule has 1 heterocycles. The fourth-order valence-corrected chi connectivity index (χ4v) is 4.13. The van der Waals surface area contributed by atoms with Crippen LogP contribution in [0.15, 0.2) is 54.6 Å². The van der Waals surface area contributed by atoms with Gasteiger partial charge in [-0.3, -0.25) is 9.59 Å². The van der Waals surface area contributed by atoms with E-state index in [2.05, 4.69) is 10.6 Å². The fourth-order valence-electron chi connectivity index (χ4n) is 2.90. The van der Waals surface area contributed by atoms with Crippen molar-refractivity contribution in [2.45, 2.75) is 20.4 Å². The molecule has 0 aliphatic heterocycles. The van der Waals surface area contributed by atoms with Crippen LogP contribution in [0, 0.1) is 6.92 Å². The van der Waals surface area contributed by atoms with Crippen molar-refractivity contribution < 1.29 is 19.1 Å². The summed E-state index contributed by atoms with van der Waals surface area (Å²) in [6.07, 6.45) is 0. The Labute approximate surface area is 189 Å². The first-order valence-corrected chi connectivity index (χ1v) is 10.8. The van der Waals surface area contributed by atoms with E-state index in [1.54, 1.807) is 38.1 Å². The van der Waals surface area contributed by atoms with Crippen LogP contribution in [-0.2, 0) is 11.3 Å². The maximum atomic E-state index is 12.8. The maximum Gasteiger partial charge on any atom is 0.341 e. The van der Waals surface area contributed by atoms with Crippen molar-refractivity contribution in [2.75, 3.05) is 11.9 Å². The number of hydrogen-bond donors (Lipinski definition) is 2. The highest BCUT2D eigenvalue weighted by Gasteiger charge is 2.26. The van der Waals surface area contributed by atoms with E-state index in [0.717, 1.165) is 16.9 Å². The number of nitrogens with one attached hydrogen (secondary N) is 2. The maximum absolute atomic E-state index is 12.8. The predicted octanol–water partition coefficient (Wildman–Crippen LogP) is 5.07. The first kappa shape index (κ1) is 22.5. The second-order valence-electron chi connectivity index (χ2n) is 6.61. The lowest BCUT2D eigenvalue weighted by molar-refractivity contribution is 0.0527. The first-order chi connectivity index (χ1) is 14.9. The Kier molecular flexibility index (Phi) is 7.44. The summed E-state index contributed by atoms with van der Waals surface area (Å²) in [6.45, 7) is 3.88. The van der Waals surface area contributed by atoms with Crippen LogP contribution in [0.1, 0.15) is 48.4 Å². The van der Waals surface area contributed by atoms with E-state index in [0.29, 0.717) is 27.6 Å². The number of anilines is 1. The molecule has 0 unspecified atom stereocenters. The third kappa shape index (κ3) is 5.51. The van der Waals surface area contributed by atoms with Gasteiger partial charge in [-0.15, -0.1) is 11.3 Å².